The highest BCUT2D eigenvalue weighted by Gasteiger charge is 2.61. The minimum absolute atomic E-state index is 0.139. The van der Waals surface area contributed by atoms with Gasteiger partial charge in [0.05, 0.1) is 11.7 Å². The second-order valence-electron chi connectivity index (χ2n) is 7.95. The molecule has 3 fully saturated rings. The van der Waals surface area contributed by atoms with Crippen LogP contribution in [0.3, 0.4) is 0 Å². The van der Waals surface area contributed by atoms with Crippen LogP contribution in [0, 0.1) is 0 Å². The predicted molar refractivity (Wildman–Crippen MR) is 99.9 cm³/mol. The number of carbonyl (C=O) groups is 1. The van der Waals surface area contributed by atoms with E-state index in [-0.39, 0.29) is 17.7 Å². The lowest BCUT2D eigenvalue weighted by molar-refractivity contribution is -0.107. The maximum atomic E-state index is 12.4. The Bertz CT molecular complexity index is 830. The lowest BCUT2D eigenvalue weighted by atomic mass is 9.84. The fraction of sp³-hybridized carbons (Fsp3) is 0.500. The number of aryl methyl sites for hydroxylation is 1. The van der Waals surface area contributed by atoms with Crippen LogP contribution >= 0.6 is 0 Å². The van der Waals surface area contributed by atoms with Crippen molar-refractivity contribution < 1.29 is 9.53 Å². The smallest absolute Gasteiger partial charge is 0.410 e. The van der Waals surface area contributed by atoms with Crippen molar-refractivity contribution in [2.75, 3.05) is 32.7 Å². The molecule has 3 aliphatic rings. The molecule has 0 saturated carbocycles. The SMILES string of the molecule is Cn1nccc1CN1CC2(C1)OC(=O)N1CCN(Cc3ccccc3)CC12. The largest absolute Gasteiger partial charge is 0.438 e. The fourth-order valence-corrected chi connectivity index (χ4v) is 4.68. The highest BCUT2D eigenvalue weighted by Crippen LogP contribution is 2.40. The molecule has 0 aliphatic carbocycles. The Morgan fingerprint density at radius 1 is 1.11 bits per heavy atom. The van der Waals surface area contributed by atoms with Crippen LogP contribution < -0.4 is 0 Å². The number of rotatable bonds is 4. The number of amides is 1. The zero-order chi connectivity index (χ0) is 18.4. The minimum Gasteiger partial charge on any atom is -0.438 e. The summed E-state index contributed by atoms with van der Waals surface area (Å²) < 4.78 is 7.81. The number of piperazine rings is 1. The summed E-state index contributed by atoms with van der Waals surface area (Å²) in [5.74, 6) is 0. The fourth-order valence-electron chi connectivity index (χ4n) is 4.68. The van der Waals surface area contributed by atoms with Gasteiger partial charge < -0.3 is 4.74 Å². The summed E-state index contributed by atoms with van der Waals surface area (Å²) in [6, 6.07) is 12.7. The molecule has 4 heterocycles. The molecular formula is C20H25N5O2. The van der Waals surface area contributed by atoms with E-state index in [1.165, 1.54) is 11.3 Å². The van der Waals surface area contributed by atoms with E-state index in [9.17, 15) is 4.79 Å². The molecule has 1 amide bonds. The summed E-state index contributed by atoms with van der Waals surface area (Å²) in [6.45, 7) is 5.88. The first-order valence-corrected chi connectivity index (χ1v) is 9.58. The number of ether oxygens (including phenoxy) is 1. The summed E-state index contributed by atoms with van der Waals surface area (Å²) in [6.07, 6.45) is 1.68. The van der Waals surface area contributed by atoms with Gasteiger partial charge in [0.2, 0.25) is 0 Å². The van der Waals surface area contributed by atoms with Crippen LogP contribution in [0.15, 0.2) is 42.6 Å². The third kappa shape index (κ3) is 2.91. The highest BCUT2D eigenvalue weighted by molar-refractivity contribution is 5.72. The molecule has 1 atom stereocenters. The minimum atomic E-state index is -0.356. The molecule has 2 aromatic rings. The van der Waals surface area contributed by atoms with Gasteiger partial charge in [-0.25, -0.2) is 4.79 Å². The molecule has 1 aromatic heterocycles. The van der Waals surface area contributed by atoms with Crippen LogP contribution in [0.1, 0.15) is 11.3 Å². The van der Waals surface area contributed by atoms with Crippen molar-refractivity contribution in [2.24, 2.45) is 7.05 Å². The first-order valence-electron chi connectivity index (χ1n) is 9.58. The van der Waals surface area contributed by atoms with Crippen LogP contribution in [0.25, 0.3) is 0 Å². The number of nitrogens with zero attached hydrogens (tertiary/aromatic N) is 5. The van der Waals surface area contributed by atoms with E-state index < -0.39 is 0 Å². The predicted octanol–water partition coefficient (Wildman–Crippen LogP) is 1.31. The van der Waals surface area contributed by atoms with Gasteiger partial charge >= 0.3 is 6.09 Å². The third-order valence-corrected chi connectivity index (χ3v) is 6.14. The first-order chi connectivity index (χ1) is 13.1. The molecular weight excluding hydrogens is 342 g/mol. The normalized spacial score (nSPS) is 24.7. The van der Waals surface area contributed by atoms with Gasteiger partial charge in [-0.3, -0.25) is 19.4 Å². The summed E-state index contributed by atoms with van der Waals surface area (Å²) in [5, 5.41) is 4.23. The van der Waals surface area contributed by atoms with Crippen LogP contribution in [-0.4, -0.2) is 74.9 Å². The van der Waals surface area contributed by atoms with E-state index in [2.05, 4.69) is 39.2 Å². The van der Waals surface area contributed by atoms with Crippen molar-refractivity contribution in [1.29, 1.82) is 0 Å². The standard InChI is InChI=1S/C20H25N5O2/c1-22-17(7-8-21-22)12-24-14-20(15-24)18-13-23(9-10-25(18)19(26)27-20)11-16-5-3-2-4-6-16/h2-8,18H,9-15H2,1H3. The van der Waals surface area contributed by atoms with E-state index in [1.54, 1.807) is 0 Å². The Labute approximate surface area is 159 Å². The zero-order valence-electron chi connectivity index (χ0n) is 15.6. The molecule has 0 N–H and O–H groups in total. The molecule has 5 rings (SSSR count). The monoisotopic (exact) mass is 367 g/mol. The van der Waals surface area contributed by atoms with Crippen molar-refractivity contribution in [3.05, 3.63) is 53.9 Å². The van der Waals surface area contributed by atoms with Gasteiger partial charge in [0.25, 0.3) is 0 Å². The zero-order valence-corrected chi connectivity index (χ0v) is 15.6. The Balaban J connectivity index is 1.26. The number of likely N-dealkylation sites (tertiary alicyclic amines) is 1. The Hall–Kier alpha value is -2.38. The van der Waals surface area contributed by atoms with E-state index in [0.717, 1.165) is 45.8 Å². The van der Waals surface area contributed by atoms with Crippen molar-refractivity contribution in [3.8, 4) is 0 Å². The molecule has 27 heavy (non-hydrogen) atoms. The van der Waals surface area contributed by atoms with Crippen molar-refractivity contribution in [2.45, 2.75) is 24.7 Å². The number of hydrogen-bond acceptors (Lipinski definition) is 5. The van der Waals surface area contributed by atoms with Gasteiger partial charge in [0.1, 0.15) is 0 Å². The average molecular weight is 367 g/mol. The summed E-state index contributed by atoms with van der Waals surface area (Å²) in [4.78, 5) is 19.1. The molecule has 3 saturated heterocycles. The molecule has 3 aliphatic heterocycles. The number of carbonyl (C=O) groups excluding carboxylic acids is 1. The molecule has 0 bridgehead atoms. The average Bonchev–Trinajstić information content (AvgIpc) is 3.17. The van der Waals surface area contributed by atoms with Gasteiger partial charge in [-0.1, -0.05) is 30.3 Å². The lowest BCUT2D eigenvalue weighted by Crippen LogP contribution is -2.70. The third-order valence-electron chi connectivity index (χ3n) is 6.14. The van der Waals surface area contributed by atoms with Crippen LogP contribution in [-0.2, 0) is 24.9 Å². The lowest BCUT2D eigenvalue weighted by Gasteiger charge is -2.51. The van der Waals surface area contributed by atoms with E-state index >= 15 is 0 Å². The number of hydrogen-bond donors (Lipinski definition) is 0. The summed E-state index contributed by atoms with van der Waals surface area (Å²) >= 11 is 0. The van der Waals surface area contributed by atoms with E-state index in [1.807, 2.05) is 35.0 Å². The summed E-state index contributed by atoms with van der Waals surface area (Å²) in [5.41, 5.74) is 2.14. The van der Waals surface area contributed by atoms with Crippen LogP contribution in [0.5, 0.6) is 0 Å². The molecule has 7 nitrogen and oxygen atoms in total. The van der Waals surface area contributed by atoms with Gasteiger partial charge in [0.15, 0.2) is 5.60 Å². The highest BCUT2D eigenvalue weighted by atomic mass is 16.6. The topological polar surface area (TPSA) is 53.8 Å². The Morgan fingerprint density at radius 3 is 2.67 bits per heavy atom. The van der Waals surface area contributed by atoms with Gasteiger partial charge in [-0.05, 0) is 11.6 Å². The van der Waals surface area contributed by atoms with E-state index in [4.69, 9.17) is 4.74 Å². The molecule has 7 heteroatoms. The van der Waals surface area contributed by atoms with Gasteiger partial charge in [0, 0.05) is 59.1 Å². The molecule has 1 unspecified atom stereocenters. The van der Waals surface area contributed by atoms with E-state index in [0.29, 0.717) is 0 Å². The molecule has 1 aromatic carbocycles. The number of fused-ring (bicyclic) bond motifs is 2. The van der Waals surface area contributed by atoms with Crippen molar-refractivity contribution >= 4 is 6.09 Å². The van der Waals surface area contributed by atoms with Gasteiger partial charge in [-0.2, -0.15) is 5.10 Å². The van der Waals surface area contributed by atoms with Gasteiger partial charge in [-0.15, -0.1) is 0 Å². The van der Waals surface area contributed by atoms with Crippen molar-refractivity contribution in [3.63, 3.8) is 0 Å². The number of aromatic nitrogens is 2. The second kappa shape index (κ2) is 6.35. The van der Waals surface area contributed by atoms with Crippen LogP contribution in [0.4, 0.5) is 4.79 Å². The Kier molecular flexibility index (Phi) is 3.94. The molecule has 0 radical (unpaired) electrons. The number of benzene rings is 1. The first kappa shape index (κ1) is 16.8. The maximum Gasteiger partial charge on any atom is 0.410 e. The molecule has 142 valence electrons. The molecule has 1 spiro atoms. The maximum absolute atomic E-state index is 12.4. The quantitative estimate of drug-likeness (QED) is 0.816. The summed E-state index contributed by atoms with van der Waals surface area (Å²) in [7, 11) is 1.96. The van der Waals surface area contributed by atoms with Crippen molar-refractivity contribution in [1.82, 2.24) is 24.5 Å². The Morgan fingerprint density at radius 2 is 1.93 bits per heavy atom. The second-order valence-corrected chi connectivity index (χ2v) is 7.95. The van der Waals surface area contributed by atoms with Crippen LogP contribution in [0.2, 0.25) is 0 Å².